The van der Waals surface area contributed by atoms with Gasteiger partial charge in [0.05, 0.1) is 0 Å². The highest BCUT2D eigenvalue weighted by atomic mass is 16.1. The van der Waals surface area contributed by atoms with Gasteiger partial charge in [0.15, 0.2) is 5.78 Å². The van der Waals surface area contributed by atoms with Crippen LogP contribution in [-0.2, 0) is 9.59 Å². The number of allylic oxidation sites excluding steroid dienone is 1. The third kappa shape index (κ3) is 1.99. The molecule has 0 saturated heterocycles. The Morgan fingerprint density at radius 3 is 2.57 bits per heavy atom. The van der Waals surface area contributed by atoms with Crippen molar-refractivity contribution in [1.82, 2.24) is 0 Å². The topological polar surface area (TPSA) is 34.1 Å². The summed E-state index contributed by atoms with van der Waals surface area (Å²) in [6.45, 7) is 6.47. The van der Waals surface area contributed by atoms with Crippen LogP contribution in [0.15, 0.2) is 11.6 Å². The molecule has 0 aromatic carbocycles. The van der Waals surface area contributed by atoms with Crippen molar-refractivity contribution >= 4 is 11.6 Å². The number of carbonyl (C=O) groups is 2. The molecule has 0 amide bonds. The summed E-state index contributed by atoms with van der Waals surface area (Å²) in [6, 6.07) is 0. The van der Waals surface area contributed by atoms with Crippen molar-refractivity contribution in [3.8, 4) is 0 Å². The van der Waals surface area contributed by atoms with Crippen LogP contribution in [-0.4, -0.2) is 11.6 Å². The second-order valence-corrected chi connectivity index (χ2v) is 9.19. The minimum atomic E-state index is -0.110. The van der Waals surface area contributed by atoms with E-state index in [1.165, 1.54) is 31.3 Å². The highest BCUT2D eigenvalue weighted by molar-refractivity contribution is 5.91. The lowest BCUT2D eigenvalue weighted by molar-refractivity contribution is -0.137. The van der Waals surface area contributed by atoms with Crippen LogP contribution in [0.2, 0.25) is 0 Å². The number of hydrogen-bond acceptors (Lipinski definition) is 2. The first kappa shape index (κ1) is 15.6. The SMILES string of the molecule is CC(=O)[C@@]1(C)CC[C@H]2[C@@H]3CCC4=CC(=O)CC[C@@H]4[C@H]3CC[C@@]21C. The monoisotopic (exact) mass is 314 g/mol. The maximum atomic E-state index is 12.4. The van der Waals surface area contributed by atoms with E-state index in [1.54, 1.807) is 0 Å². The lowest BCUT2D eigenvalue weighted by Gasteiger charge is -2.56. The Hall–Kier alpha value is -0.920. The molecule has 2 nitrogen and oxygen atoms in total. The van der Waals surface area contributed by atoms with Gasteiger partial charge in [-0.05, 0) is 87.0 Å². The molecule has 3 fully saturated rings. The molecule has 126 valence electrons. The zero-order valence-corrected chi connectivity index (χ0v) is 14.9. The molecule has 3 saturated carbocycles. The van der Waals surface area contributed by atoms with E-state index in [9.17, 15) is 9.59 Å². The second kappa shape index (κ2) is 5.04. The molecule has 2 heteroatoms. The van der Waals surface area contributed by atoms with Gasteiger partial charge in [0.1, 0.15) is 5.78 Å². The smallest absolute Gasteiger partial charge is 0.155 e. The Balaban J connectivity index is 1.65. The van der Waals surface area contributed by atoms with Crippen molar-refractivity contribution in [2.24, 2.45) is 34.5 Å². The van der Waals surface area contributed by atoms with Gasteiger partial charge in [-0.15, -0.1) is 0 Å². The molecule has 0 N–H and O–H groups in total. The summed E-state index contributed by atoms with van der Waals surface area (Å²) in [5, 5.41) is 0. The van der Waals surface area contributed by atoms with E-state index in [4.69, 9.17) is 0 Å². The highest BCUT2D eigenvalue weighted by Gasteiger charge is 2.62. The first-order chi connectivity index (χ1) is 10.9. The Labute approximate surface area is 140 Å². The fourth-order valence-electron chi connectivity index (χ4n) is 7.03. The van der Waals surface area contributed by atoms with Crippen molar-refractivity contribution in [1.29, 1.82) is 0 Å². The molecule has 0 aromatic rings. The molecular weight excluding hydrogens is 284 g/mol. The quantitative estimate of drug-likeness (QED) is 0.701. The minimum absolute atomic E-state index is 0.110. The van der Waals surface area contributed by atoms with Crippen molar-refractivity contribution < 1.29 is 9.59 Å². The summed E-state index contributed by atoms with van der Waals surface area (Å²) in [5.74, 6) is 3.69. The molecule has 0 spiro atoms. The standard InChI is InChI=1S/C21H30O2/c1-13(22)20(2)11-9-19-18-6-4-14-12-15(23)5-7-16(14)17(18)8-10-21(19,20)3/h12,16-19H,4-11H2,1-3H3/t16-,17+,18+,19-,20+,21-/m0/s1. The van der Waals surface area contributed by atoms with E-state index in [-0.39, 0.29) is 10.8 Å². The minimum Gasteiger partial charge on any atom is -0.299 e. The summed E-state index contributed by atoms with van der Waals surface area (Å²) < 4.78 is 0. The maximum Gasteiger partial charge on any atom is 0.155 e. The molecule has 4 rings (SSSR count). The predicted molar refractivity (Wildman–Crippen MR) is 90.9 cm³/mol. The van der Waals surface area contributed by atoms with Crippen LogP contribution in [0.25, 0.3) is 0 Å². The largest absolute Gasteiger partial charge is 0.299 e. The number of hydrogen-bond donors (Lipinski definition) is 0. The molecule has 23 heavy (non-hydrogen) atoms. The van der Waals surface area contributed by atoms with E-state index < -0.39 is 0 Å². The van der Waals surface area contributed by atoms with Gasteiger partial charge in [-0.1, -0.05) is 19.4 Å². The van der Waals surface area contributed by atoms with Crippen LogP contribution < -0.4 is 0 Å². The van der Waals surface area contributed by atoms with Crippen LogP contribution in [0, 0.1) is 34.5 Å². The van der Waals surface area contributed by atoms with Crippen molar-refractivity contribution in [2.75, 3.05) is 0 Å². The average Bonchev–Trinajstić information content (AvgIpc) is 2.80. The summed E-state index contributed by atoms with van der Waals surface area (Å²) >= 11 is 0. The first-order valence-corrected chi connectivity index (χ1v) is 9.61. The van der Waals surface area contributed by atoms with Crippen LogP contribution >= 0.6 is 0 Å². The molecule has 4 aliphatic rings. The summed E-state index contributed by atoms with van der Waals surface area (Å²) in [4.78, 5) is 24.2. The maximum absolute atomic E-state index is 12.4. The predicted octanol–water partition coefficient (Wildman–Crippen LogP) is 4.72. The molecule has 0 radical (unpaired) electrons. The van der Waals surface area contributed by atoms with Crippen molar-refractivity contribution in [3.63, 3.8) is 0 Å². The van der Waals surface area contributed by atoms with Crippen LogP contribution in [0.3, 0.4) is 0 Å². The summed E-state index contributed by atoms with van der Waals surface area (Å²) in [6.07, 6.45) is 11.0. The Morgan fingerprint density at radius 2 is 1.83 bits per heavy atom. The molecule has 6 atom stereocenters. The van der Waals surface area contributed by atoms with Gasteiger partial charge >= 0.3 is 0 Å². The molecule has 0 aliphatic heterocycles. The average molecular weight is 314 g/mol. The van der Waals surface area contributed by atoms with Gasteiger partial charge in [0, 0.05) is 11.8 Å². The fraction of sp³-hybridized carbons (Fsp3) is 0.810. The molecule has 0 unspecified atom stereocenters. The number of carbonyl (C=O) groups excluding carboxylic acids is 2. The lowest BCUT2D eigenvalue weighted by Crippen LogP contribution is -2.50. The molecule has 4 aliphatic carbocycles. The normalized spacial score (nSPS) is 49.0. The lowest BCUT2D eigenvalue weighted by atomic mass is 9.48. The number of fused-ring (bicyclic) bond motifs is 5. The van der Waals surface area contributed by atoms with Crippen molar-refractivity contribution in [3.05, 3.63) is 11.6 Å². The Morgan fingerprint density at radius 1 is 1.04 bits per heavy atom. The summed E-state index contributed by atoms with van der Waals surface area (Å²) in [7, 11) is 0. The number of ketones is 2. The van der Waals surface area contributed by atoms with E-state index in [0.29, 0.717) is 23.4 Å². The van der Waals surface area contributed by atoms with Crippen LogP contribution in [0.5, 0.6) is 0 Å². The van der Waals surface area contributed by atoms with Gasteiger partial charge in [0.2, 0.25) is 0 Å². The van der Waals surface area contributed by atoms with E-state index in [2.05, 4.69) is 13.8 Å². The molecular formula is C21H30O2. The Bertz CT molecular complexity index is 589. The van der Waals surface area contributed by atoms with Gasteiger partial charge in [-0.25, -0.2) is 0 Å². The van der Waals surface area contributed by atoms with Gasteiger partial charge < -0.3 is 0 Å². The van der Waals surface area contributed by atoms with Crippen LogP contribution in [0.4, 0.5) is 0 Å². The zero-order valence-electron chi connectivity index (χ0n) is 14.9. The number of rotatable bonds is 1. The van der Waals surface area contributed by atoms with Gasteiger partial charge in [0.25, 0.3) is 0 Å². The summed E-state index contributed by atoms with van der Waals surface area (Å²) in [5.41, 5.74) is 1.55. The van der Waals surface area contributed by atoms with E-state index >= 15 is 0 Å². The second-order valence-electron chi connectivity index (χ2n) is 9.19. The highest BCUT2D eigenvalue weighted by Crippen LogP contribution is 2.67. The van der Waals surface area contributed by atoms with Crippen LogP contribution in [0.1, 0.15) is 72.1 Å². The number of Topliss-reactive ketones (excluding diaryl/α,β-unsaturated/α-hetero) is 1. The van der Waals surface area contributed by atoms with Gasteiger partial charge in [-0.2, -0.15) is 0 Å². The third-order valence-corrected chi connectivity index (χ3v) is 8.68. The third-order valence-electron chi connectivity index (χ3n) is 8.68. The zero-order chi connectivity index (χ0) is 16.4. The molecule has 0 bridgehead atoms. The van der Waals surface area contributed by atoms with E-state index in [0.717, 1.165) is 37.5 Å². The molecule has 0 heterocycles. The van der Waals surface area contributed by atoms with Crippen molar-refractivity contribution in [2.45, 2.75) is 72.1 Å². The fourth-order valence-corrected chi connectivity index (χ4v) is 7.03. The van der Waals surface area contributed by atoms with E-state index in [1.807, 2.05) is 13.0 Å². The molecule has 0 aromatic heterocycles. The van der Waals surface area contributed by atoms with Gasteiger partial charge in [-0.3, -0.25) is 9.59 Å². The first-order valence-electron chi connectivity index (χ1n) is 9.61. The Kier molecular flexibility index (Phi) is 3.42.